The van der Waals surface area contributed by atoms with Gasteiger partial charge in [0.05, 0.1) is 30.2 Å². The summed E-state index contributed by atoms with van der Waals surface area (Å²) in [7, 11) is 1.59. The van der Waals surface area contributed by atoms with Crippen molar-refractivity contribution in [1.29, 1.82) is 0 Å². The molecule has 2 aliphatic heterocycles. The van der Waals surface area contributed by atoms with E-state index in [1.54, 1.807) is 19.5 Å². The molecule has 2 fully saturated rings. The lowest BCUT2D eigenvalue weighted by atomic mass is 9.96. The number of ether oxygens (including phenoxy) is 2. The summed E-state index contributed by atoms with van der Waals surface area (Å²) in [5, 5.41) is 8.01. The molecule has 0 aliphatic carbocycles. The monoisotopic (exact) mass is 494 g/mol. The zero-order valence-corrected chi connectivity index (χ0v) is 20.8. The van der Waals surface area contributed by atoms with E-state index in [4.69, 9.17) is 31.0 Å². The molecule has 2 aromatic rings. The van der Waals surface area contributed by atoms with Crippen molar-refractivity contribution in [2.45, 2.75) is 39.7 Å². The van der Waals surface area contributed by atoms with Gasteiger partial charge in [0, 0.05) is 57.6 Å². The molecule has 34 heavy (non-hydrogen) atoms. The second kappa shape index (κ2) is 11.6. The van der Waals surface area contributed by atoms with Gasteiger partial charge < -0.3 is 24.4 Å². The molecule has 3 atom stereocenters. The third kappa shape index (κ3) is 6.62. The first-order chi connectivity index (χ1) is 16.2. The molecular formula is C24H32ClFN4O4. The van der Waals surface area contributed by atoms with Crippen LogP contribution in [0, 0.1) is 17.7 Å². The normalized spacial score (nSPS) is 22.1. The minimum atomic E-state index is -0.833. The van der Waals surface area contributed by atoms with Crippen LogP contribution in [-0.2, 0) is 4.79 Å². The van der Waals surface area contributed by atoms with Gasteiger partial charge in [-0.15, -0.1) is 0 Å². The number of piperidine rings is 1. The number of anilines is 2. The van der Waals surface area contributed by atoms with Crippen LogP contribution in [0.15, 0.2) is 24.5 Å². The molecule has 0 aromatic carbocycles. The minimum absolute atomic E-state index is 0.0115. The highest BCUT2D eigenvalue weighted by molar-refractivity contribution is 6.33. The van der Waals surface area contributed by atoms with Crippen LogP contribution in [-0.4, -0.2) is 60.4 Å². The highest BCUT2D eigenvalue weighted by Crippen LogP contribution is 2.33. The Morgan fingerprint density at radius 2 is 1.85 bits per heavy atom. The van der Waals surface area contributed by atoms with Gasteiger partial charge in [0.25, 0.3) is 5.97 Å². The standard InChI is InChI=1S/C22H28ClFN4O2.C2H4O2/c1-14-4-6-28(12-14)22-18(24)8-16(10-26-22)30-20-5-7-27(13-15(20)2)19-9-21(29-3)25-11-17(19)23;1-2(3)4/h8-11,14-15,20H,4-7,12-13H2,1-3H3;1H3,(H,3,4). The van der Waals surface area contributed by atoms with Crippen molar-refractivity contribution in [1.82, 2.24) is 9.97 Å². The molecule has 0 amide bonds. The Labute approximate surface area is 204 Å². The van der Waals surface area contributed by atoms with Gasteiger partial charge in [0.15, 0.2) is 11.6 Å². The number of nitrogens with zero attached hydrogens (tertiary/aromatic N) is 4. The summed E-state index contributed by atoms with van der Waals surface area (Å²) in [4.78, 5) is 21.7. The molecule has 8 nitrogen and oxygen atoms in total. The van der Waals surface area contributed by atoms with Crippen LogP contribution in [0.2, 0.25) is 5.02 Å². The summed E-state index contributed by atoms with van der Waals surface area (Å²) in [5.74, 6) is 1.10. The summed E-state index contributed by atoms with van der Waals surface area (Å²) < 4.78 is 26.0. The van der Waals surface area contributed by atoms with E-state index in [1.807, 2.05) is 11.0 Å². The number of hydrogen-bond donors (Lipinski definition) is 1. The third-order valence-electron chi connectivity index (χ3n) is 5.99. The molecular weight excluding hydrogens is 463 g/mol. The molecule has 10 heteroatoms. The Morgan fingerprint density at radius 3 is 2.44 bits per heavy atom. The number of pyridine rings is 2. The molecule has 0 spiro atoms. The van der Waals surface area contributed by atoms with E-state index in [-0.39, 0.29) is 17.8 Å². The fourth-order valence-electron chi connectivity index (χ4n) is 4.29. The molecule has 186 valence electrons. The lowest BCUT2D eigenvalue weighted by molar-refractivity contribution is -0.134. The number of carbonyl (C=O) groups is 1. The maximum absolute atomic E-state index is 14.7. The van der Waals surface area contributed by atoms with Crippen molar-refractivity contribution < 1.29 is 23.8 Å². The van der Waals surface area contributed by atoms with Gasteiger partial charge >= 0.3 is 0 Å². The molecule has 2 aromatic heterocycles. The molecule has 2 aliphatic rings. The van der Waals surface area contributed by atoms with E-state index < -0.39 is 5.97 Å². The fraction of sp³-hybridized carbons (Fsp3) is 0.542. The first-order valence-electron chi connectivity index (χ1n) is 11.4. The summed E-state index contributed by atoms with van der Waals surface area (Å²) in [6.07, 6.45) is 5.12. The molecule has 0 saturated carbocycles. The molecule has 3 unspecified atom stereocenters. The number of carboxylic acid groups (broad SMARTS) is 1. The van der Waals surface area contributed by atoms with E-state index in [0.717, 1.165) is 51.6 Å². The predicted octanol–water partition coefficient (Wildman–Crippen LogP) is 4.51. The Bertz CT molecular complexity index is 991. The maximum atomic E-state index is 14.7. The van der Waals surface area contributed by atoms with Gasteiger partial charge in [0.2, 0.25) is 5.88 Å². The first kappa shape index (κ1) is 25.8. The zero-order valence-electron chi connectivity index (χ0n) is 20.0. The second-order valence-corrected chi connectivity index (χ2v) is 9.29. The van der Waals surface area contributed by atoms with Crippen LogP contribution in [0.1, 0.15) is 33.6 Å². The second-order valence-electron chi connectivity index (χ2n) is 8.88. The molecule has 2 saturated heterocycles. The van der Waals surface area contributed by atoms with Crippen LogP contribution in [0.25, 0.3) is 0 Å². The molecule has 0 bridgehead atoms. The predicted molar refractivity (Wildman–Crippen MR) is 130 cm³/mol. The number of aliphatic carboxylic acids is 1. The summed E-state index contributed by atoms with van der Waals surface area (Å²) in [6.45, 7) is 8.65. The third-order valence-corrected chi connectivity index (χ3v) is 6.29. The average molecular weight is 495 g/mol. The number of hydrogen-bond acceptors (Lipinski definition) is 7. The highest BCUT2D eigenvalue weighted by Gasteiger charge is 2.30. The molecule has 4 heterocycles. The smallest absolute Gasteiger partial charge is 0.300 e. The van der Waals surface area contributed by atoms with Crippen molar-refractivity contribution in [2.75, 3.05) is 43.1 Å². The Morgan fingerprint density at radius 1 is 1.15 bits per heavy atom. The van der Waals surface area contributed by atoms with Gasteiger partial charge in [-0.25, -0.2) is 14.4 Å². The van der Waals surface area contributed by atoms with Crippen LogP contribution >= 0.6 is 11.6 Å². The number of halogens is 2. The van der Waals surface area contributed by atoms with Gasteiger partial charge in [-0.1, -0.05) is 25.4 Å². The van der Waals surface area contributed by atoms with Crippen molar-refractivity contribution in [3.05, 3.63) is 35.4 Å². The van der Waals surface area contributed by atoms with Crippen molar-refractivity contribution in [2.24, 2.45) is 11.8 Å². The molecule has 4 rings (SSSR count). The van der Waals surface area contributed by atoms with Gasteiger partial charge in [-0.05, 0) is 12.3 Å². The Kier molecular flexibility index (Phi) is 8.77. The number of carboxylic acids is 1. The van der Waals surface area contributed by atoms with E-state index in [1.165, 1.54) is 6.07 Å². The van der Waals surface area contributed by atoms with Crippen LogP contribution in [0.4, 0.5) is 15.9 Å². The summed E-state index contributed by atoms with van der Waals surface area (Å²) in [6, 6.07) is 3.32. The average Bonchev–Trinajstić information content (AvgIpc) is 3.21. The quantitative estimate of drug-likeness (QED) is 0.649. The lowest BCUT2D eigenvalue weighted by Crippen LogP contribution is -2.44. The maximum Gasteiger partial charge on any atom is 0.300 e. The van der Waals surface area contributed by atoms with E-state index in [9.17, 15) is 4.39 Å². The minimum Gasteiger partial charge on any atom is -0.488 e. The van der Waals surface area contributed by atoms with Gasteiger partial charge in [-0.3, -0.25) is 4.79 Å². The number of methoxy groups -OCH3 is 1. The van der Waals surface area contributed by atoms with Gasteiger partial charge in [-0.2, -0.15) is 0 Å². The summed E-state index contributed by atoms with van der Waals surface area (Å²) in [5.41, 5.74) is 0.908. The Hall–Kier alpha value is -2.81. The lowest BCUT2D eigenvalue weighted by Gasteiger charge is -2.38. The van der Waals surface area contributed by atoms with Crippen molar-refractivity contribution in [3.63, 3.8) is 0 Å². The zero-order chi connectivity index (χ0) is 24.8. The van der Waals surface area contributed by atoms with E-state index >= 15 is 0 Å². The highest BCUT2D eigenvalue weighted by atomic mass is 35.5. The Balaban J connectivity index is 0.000000751. The fourth-order valence-corrected chi connectivity index (χ4v) is 4.52. The van der Waals surface area contributed by atoms with E-state index in [2.05, 4.69) is 28.7 Å². The number of rotatable bonds is 5. The van der Waals surface area contributed by atoms with Crippen LogP contribution in [0.5, 0.6) is 11.6 Å². The topological polar surface area (TPSA) is 88.0 Å². The largest absolute Gasteiger partial charge is 0.488 e. The molecule has 0 radical (unpaired) electrons. The summed E-state index contributed by atoms with van der Waals surface area (Å²) >= 11 is 6.35. The van der Waals surface area contributed by atoms with Crippen LogP contribution < -0.4 is 19.3 Å². The van der Waals surface area contributed by atoms with Gasteiger partial charge in [0.1, 0.15) is 11.9 Å². The first-order valence-corrected chi connectivity index (χ1v) is 11.8. The number of aromatic nitrogens is 2. The molecule has 1 N–H and O–H groups in total. The van der Waals surface area contributed by atoms with Crippen molar-refractivity contribution >= 4 is 29.1 Å². The SMILES string of the molecule is CC(=O)O.COc1cc(N2CCC(Oc3cnc(N4CCC(C)C4)c(F)c3)C(C)C2)c(Cl)cn1. The van der Waals surface area contributed by atoms with Crippen LogP contribution in [0.3, 0.4) is 0 Å². The van der Waals surface area contributed by atoms with E-state index in [0.29, 0.717) is 28.4 Å². The van der Waals surface area contributed by atoms with Crippen molar-refractivity contribution in [3.8, 4) is 11.6 Å².